The van der Waals surface area contributed by atoms with Crippen LogP contribution in [-0.2, 0) is 4.74 Å². The van der Waals surface area contributed by atoms with Crippen LogP contribution in [0.15, 0.2) is 11.6 Å². The van der Waals surface area contributed by atoms with E-state index in [1.54, 1.807) is 5.57 Å². The molecule has 0 spiro atoms. The van der Waals surface area contributed by atoms with E-state index in [9.17, 15) is 4.79 Å². The maximum atomic E-state index is 13.3. The van der Waals surface area contributed by atoms with Gasteiger partial charge in [0, 0.05) is 19.5 Å². The fourth-order valence-corrected chi connectivity index (χ4v) is 10.5. The zero-order chi connectivity index (χ0) is 31.7. The Morgan fingerprint density at radius 2 is 1.68 bits per heavy atom. The van der Waals surface area contributed by atoms with Crippen molar-refractivity contribution in [3.8, 4) is 0 Å². The van der Waals surface area contributed by atoms with Crippen molar-refractivity contribution in [1.82, 2.24) is 10.2 Å². The molecule has 254 valence electrons. The predicted molar refractivity (Wildman–Crippen MR) is 184 cm³/mol. The van der Waals surface area contributed by atoms with Crippen LogP contribution in [0.25, 0.3) is 0 Å². The Kier molecular flexibility index (Phi) is 13.5. The lowest BCUT2D eigenvalue weighted by molar-refractivity contribution is -0.0593. The number of carbonyl (C=O) groups excluding carboxylic acids is 1. The molecule has 5 N–H and O–H groups in total. The Bertz CT molecular complexity index is 923. The molecule has 4 aliphatic rings. The van der Waals surface area contributed by atoms with E-state index in [-0.39, 0.29) is 17.6 Å². The number of ether oxygens (including phenoxy) is 1. The molecule has 0 bridgehead atoms. The van der Waals surface area contributed by atoms with Crippen LogP contribution in [-0.4, -0.2) is 56.4 Å². The van der Waals surface area contributed by atoms with Crippen molar-refractivity contribution >= 4 is 6.09 Å². The van der Waals surface area contributed by atoms with Crippen molar-refractivity contribution in [2.75, 3.05) is 39.3 Å². The van der Waals surface area contributed by atoms with Crippen LogP contribution >= 0.6 is 0 Å². The van der Waals surface area contributed by atoms with E-state index in [2.05, 4.69) is 46.0 Å². The number of hydrogen-bond donors (Lipinski definition) is 3. The van der Waals surface area contributed by atoms with Crippen LogP contribution in [0.5, 0.6) is 0 Å². The van der Waals surface area contributed by atoms with E-state index in [1.807, 2.05) is 4.90 Å². The van der Waals surface area contributed by atoms with Gasteiger partial charge in [-0.2, -0.15) is 0 Å². The van der Waals surface area contributed by atoms with Crippen molar-refractivity contribution < 1.29 is 9.53 Å². The molecule has 6 nitrogen and oxygen atoms in total. The zero-order valence-corrected chi connectivity index (χ0v) is 29.4. The first kappa shape index (κ1) is 35.7. The van der Waals surface area contributed by atoms with Crippen LogP contribution in [0.3, 0.4) is 0 Å². The minimum atomic E-state index is -0.134. The van der Waals surface area contributed by atoms with Crippen molar-refractivity contribution in [2.24, 2.45) is 57.8 Å². The van der Waals surface area contributed by atoms with Crippen LogP contribution in [0.1, 0.15) is 131 Å². The lowest BCUT2D eigenvalue weighted by Gasteiger charge is -2.58. The maximum Gasteiger partial charge on any atom is 0.410 e. The van der Waals surface area contributed by atoms with Crippen LogP contribution < -0.4 is 16.8 Å². The number of amides is 1. The smallest absolute Gasteiger partial charge is 0.410 e. The number of nitrogens with two attached hydrogens (primary N) is 2. The molecule has 3 fully saturated rings. The van der Waals surface area contributed by atoms with Crippen molar-refractivity contribution in [2.45, 2.75) is 137 Å². The average molecular weight is 615 g/mol. The van der Waals surface area contributed by atoms with Crippen LogP contribution in [0.4, 0.5) is 4.79 Å². The first-order valence-electron chi connectivity index (χ1n) is 18.9. The lowest BCUT2D eigenvalue weighted by atomic mass is 9.47. The second-order valence-electron chi connectivity index (χ2n) is 16.3. The minimum Gasteiger partial charge on any atom is -0.446 e. The van der Waals surface area contributed by atoms with Gasteiger partial charge in [-0.15, -0.1) is 0 Å². The number of nitrogens with zero attached hydrogens (tertiary/aromatic N) is 1. The first-order chi connectivity index (χ1) is 21.1. The van der Waals surface area contributed by atoms with E-state index in [0.717, 1.165) is 107 Å². The highest BCUT2D eigenvalue weighted by Crippen LogP contribution is 2.67. The second kappa shape index (κ2) is 16.6. The Balaban J connectivity index is 1.32. The third-order valence-corrected chi connectivity index (χ3v) is 13.0. The number of nitrogens with one attached hydrogen (secondary N) is 1. The fraction of sp³-hybridized carbons (Fsp3) is 0.921. The molecular formula is C38H70N4O2. The molecule has 0 aromatic rings. The van der Waals surface area contributed by atoms with Gasteiger partial charge in [0.2, 0.25) is 0 Å². The molecule has 3 saturated carbocycles. The summed E-state index contributed by atoms with van der Waals surface area (Å²) < 4.78 is 6.24. The molecule has 0 aliphatic heterocycles. The summed E-state index contributed by atoms with van der Waals surface area (Å²) >= 11 is 0. The van der Waals surface area contributed by atoms with Gasteiger partial charge in [0.15, 0.2) is 0 Å². The van der Waals surface area contributed by atoms with E-state index in [1.165, 1.54) is 51.4 Å². The average Bonchev–Trinajstić information content (AvgIpc) is 3.35. The number of hydrogen-bond acceptors (Lipinski definition) is 5. The standard InChI is InChI=1S/C38H70N4O2/c1-28(2)11-8-12-29(3)33-15-16-34-32-14-13-30-27-31(17-19-37(30,4)35(32)18-20-38(33,34)5)44-36(43)42(26-10-22-40)25-7-6-23-41-24-9-21-39/h13,28-29,31-35,41H,6-12,14-27,39-40H2,1-5H3/t29-,31?,32?,33?,34+,35+,37?,38-/m1/s1. The van der Waals surface area contributed by atoms with Gasteiger partial charge in [-0.3, -0.25) is 0 Å². The summed E-state index contributed by atoms with van der Waals surface area (Å²) in [7, 11) is 0. The van der Waals surface area contributed by atoms with E-state index in [0.29, 0.717) is 18.5 Å². The number of unbranched alkanes of at least 4 members (excludes halogenated alkanes) is 1. The van der Waals surface area contributed by atoms with Gasteiger partial charge in [-0.1, -0.05) is 65.5 Å². The number of rotatable bonds is 17. The highest BCUT2D eigenvalue weighted by Gasteiger charge is 2.59. The molecule has 6 heteroatoms. The number of fused-ring (bicyclic) bond motifs is 5. The van der Waals surface area contributed by atoms with Gasteiger partial charge in [0.1, 0.15) is 6.10 Å². The van der Waals surface area contributed by atoms with Gasteiger partial charge >= 0.3 is 6.09 Å². The number of carbonyl (C=O) groups is 1. The SMILES string of the molecule is CC(C)CCC[C@@H](C)C1CC[C@H]2C3CC=C4CC(OC(=O)N(CCCN)CCCCNCCCN)CCC4(C)[C@H]3CC[C@]12C. The molecule has 4 aliphatic carbocycles. The predicted octanol–water partition coefficient (Wildman–Crippen LogP) is 7.90. The number of allylic oxidation sites excluding steroid dienone is 1. The Hall–Kier alpha value is -1.11. The lowest BCUT2D eigenvalue weighted by Crippen LogP contribution is -2.51. The highest BCUT2D eigenvalue weighted by atomic mass is 16.6. The summed E-state index contributed by atoms with van der Waals surface area (Å²) in [5, 5.41) is 3.44. The van der Waals surface area contributed by atoms with Gasteiger partial charge in [0.05, 0.1) is 0 Å². The largest absolute Gasteiger partial charge is 0.446 e. The van der Waals surface area contributed by atoms with Crippen molar-refractivity contribution in [1.29, 1.82) is 0 Å². The fourth-order valence-electron chi connectivity index (χ4n) is 10.5. The van der Waals surface area contributed by atoms with Crippen molar-refractivity contribution in [3.05, 3.63) is 11.6 Å². The van der Waals surface area contributed by atoms with Crippen LogP contribution in [0, 0.1) is 46.3 Å². The van der Waals surface area contributed by atoms with Gasteiger partial charge in [-0.25, -0.2) is 4.79 Å². The summed E-state index contributed by atoms with van der Waals surface area (Å²) in [6.45, 7) is 17.3. The van der Waals surface area contributed by atoms with Gasteiger partial charge < -0.3 is 26.4 Å². The molecule has 0 aromatic carbocycles. The summed E-state index contributed by atoms with van der Waals surface area (Å²) in [6.07, 6.45) is 20.6. The molecule has 8 atom stereocenters. The first-order valence-corrected chi connectivity index (χ1v) is 18.9. The maximum absolute atomic E-state index is 13.3. The van der Waals surface area contributed by atoms with E-state index >= 15 is 0 Å². The Labute approximate surface area is 271 Å². The topological polar surface area (TPSA) is 93.6 Å². The van der Waals surface area contributed by atoms with Crippen molar-refractivity contribution in [3.63, 3.8) is 0 Å². The quantitative estimate of drug-likeness (QED) is 0.114. The molecule has 0 saturated heterocycles. The Morgan fingerprint density at radius 1 is 0.932 bits per heavy atom. The summed E-state index contributed by atoms with van der Waals surface area (Å²) in [5.41, 5.74) is 13.8. The second-order valence-corrected chi connectivity index (χ2v) is 16.3. The molecule has 0 radical (unpaired) electrons. The zero-order valence-electron chi connectivity index (χ0n) is 29.4. The van der Waals surface area contributed by atoms with Gasteiger partial charge in [0.25, 0.3) is 0 Å². The summed E-state index contributed by atoms with van der Waals surface area (Å²) in [6, 6.07) is 0. The molecule has 4 rings (SSSR count). The molecule has 44 heavy (non-hydrogen) atoms. The third kappa shape index (κ3) is 8.42. The van der Waals surface area contributed by atoms with E-state index in [4.69, 9.17) is 16.2 Å². The molecule has 0 heterocycles. The van der Waals surface area contributed by atoms with Crippen LogP contribution in [0.2, 0.25) is 0 Å². The van der Waals surface area contributed by atoms with E-state index < -0.39 is 0 Å². The highest BCUT2D eigenvalue weighted by molar-refractivity contribution is 5.67. The summed E-state index contributed by atoms with van der Waals surface area (Å²) in [5.74, 6) is 5.11. The minimum absolute atomic E-state index is 0.00749. The third-order valence-electron chi connectivity index (χ3n) is 13.0. The Morgan fingerprint density at radius 3 is 2.43 bits per heavy atom. The molecular weight excluding hydrogens is 544 g/mol. The molecule has 4 unspecified atom stereocenters. The molecule has 0 aromatic heterocycles. The monoisotopic (exact) mass is 615 g/mol. The molecule has 1 amide bonds. The van der Waals surface area contributed by atoms with Gasteiger partial charge in [-0.05, 0) is 143 Å². The normalized spacial score (nSPS) is 33.7. The summed E-state index contributed by atoms with van der Waals surface area (Å²) in [4.78, 5) is 15.3.